The molecule has 70 valence electrons. The molecule has 3 nitrogen and oxygen atoms in total. The van der Waals surface area contributed by atoms with Crippen LogP contribution < -0.4 is 11.1 Å². The van der Waals surface area contributed by atoms with Crippen molar-refractivity contribution in [2.24, 2.45) is 11.7 Å². The Kier molecular flexibility index (Phi) is 3.09. The number of rotatable bonds is 3. The van der Waals surface area contributed by atoms with Crippen LogP contribution >= 0.6 is 0 Å². The smallest absolute Gasteiger partial charge is 0.221 e. The minimum Gasteiger partial charge on any atom is -0.353 e. The predicted octanol–water partition coefficient (Wildman–Crippen LogP) is 0.638. The van der Waals surface area contributed by atoms with Gasteiger partial charge in [-0.15, -0.1) is 0 Å². The van der Waals surface area contributed by atoms with Gasteiger partial charge < -0.3 is 11.1 Å². The van der Waals surface area contributed by atoms with Crippen LogP contribution in [0, 0.1) is 5.92 Å². The summed E-state index contributed by atoms with van der Waals surface area (Å²) in [4.78, 5) is 11.2. The van der Waals surface area contributed by atoms with Gasteiger partial charge in [-0.1, -0.05) is 6.92 Å². The fourth-order valence-electron chi connectivity index (χ4n) is 1.60. The number of carbonyl (C=O) groups excluding carboxylic acids is 1. The molecule has 0 saturated heterocycles. The Morgan fingerprint density at radius 1 is 1.67 bits per heavy atom. The lowest BCUT2D eigenvalue weighted by molar-refractivity contribution is -0.122. The highest BCUT2D eigenvalue weighted by Crippen LogP contribution is 2.26. The summed E-state index contributed by atoms with van der Waals surface area (Å²) in [5.41, 5.74) is 5.49. The molecular weight excluding hydrogens is 152 g/mol. The van der Waals surface area contributed by atoms with Gasteiger partial charge >= 0.3 is 0 Å². The van der Waals surface area contributed by atoms with Crippen LogP contribution in [0.4, 0.5) is 0 Å². The summed E-state index contributed by atoms with van der Waals surface area (Å²) in [6, 6.07) is 0.397. The molecule has 0 aromatic heterocycles. The first-order chi connectivity index (χ1) is 5.58. The van der Waals surface area contributed by atoms with Gasteiger partial charge in [-0.3, -0.25) is 4.79 Å². The fraction of sp³-hybridized carbons (Fsp3) is 0.889. The standard InChI is InChI=1S/C9H18N2O/c1-6-3-8(4-6)11-9(12)5-7(2)10/h6-8H,3-5,10H2,1-2H3,(H,11,12). The average Bonchev–Trinajstić information content (AvgIpc) is 1.82. The number of hydrogen-bond acceptors (Lipinski definition) is 2. The van der Waals surface area contributed by atoms with Crippen LogP contribution in [0.2, 0.25) is 0 Å². The SMILES string of the molecule is CC(N)CC(=O)NC1CC(C)C1. The summed E-state index contributed by atoms with van der Waals surface area (Å²) in [5.74, 6) is 0.882. The predicted molar refractivity (Wildman–Crippen MR) is 48.6 cm³/mol. The number of nitrogens with two attached hydrogens (primary N) is 1. The monoisotopic (exact) mass is 170 g/mol. The molecule has 1 fully saturated rings. The zero-order valence-corrected chi connectivity index (χ0v) is 7.84. The van der Waals surface area contributed by atoms with Gasteiger partial charge in [0.2, 0.25) is 5.91 Å². The van der Waals surface area contributed by atoms with E-state index in [1.54, 1.807) is 0 Å². The first-order valence-electron chi connectivity index (χ1n) is 4.63. The summed E-state index contributed by atoms with van der Waals surface area (Å²) >= 11 is 0. The summed E-state index contributed by atoms with van der Waals surface area (Å²) in [7, 11) is 0. The zero-order chi connectivity index (χ0) is 9.14. The number of amides is 1. The van der Waals surface area contributed by atoms with Gasteiger partial charge in [0.15, 0.2) is 0 Å². The Hall–Kier alpha value is -0.570. The summed E-state index contributed by atoms with van der Waals surface area (Å²) in [6.45, 7) is 4.05. The molecule has 0 aliphatic heterocycles. The van der Waals surface area contributed by atoms with Crippen molar-refractivity contribution in [1.29, 1.82) is 0 Å². The van der Waals surface area contributed by atoms with E-state index in [2.05, 4.69) is 12.2 Å². The van der Waals surface area contributed by atoms with Gasteiger partial charge in [0.05, 0.1) is 0 Å². The molecule has 3 heteroatoms. The largest absolute Gasteiger partial charge is 0.353 e. The van der Waals surface area contributed by atoms with Gasteiger partial charge in [0, 0.05) is 18.5 Å². The van der Waals surface area contributed by atoms with Crippen molar-refractivity contribution >= 4 is 5.91 Å². The summed E-state index contributed by atoms with van der Waals surface area (Å²) < 4.78 is 0. The third kappa shape index (κ3) is 2.81. The van der Waals surface area contributed by atoms with Crippen molar-refractivity contribution < 1.29 is 4.79 Å². The van der Waals surface area contributed by atoms with Gasteiger partial charge in [-0.2, -0.15) is 0 Å². The van der Waals surface area contributed by atoms with E-state index in [0.717, 1.165) is 18.8 Å². The second-order valence-electron chi connectivity index (χ2n) is 4.02. The summed E-state index contributed by atoms with van der Waals surface area (Å²) in [5, 5.41) is 2.96. The highest BCUT2D eigenvalue weighted by Gasteiger charge is 2.26. The molecule has 1 aliphatic carbocycles. The van der Waals surface area contributed by atoms with E-state index < -0.39 is 0 Å². The summed E-state index contributed by atoms with van der Waals surface area (Å²) in [6.07, 6.45) is 2.71. The molecule has 1 unspecified atom stereocenters. The van der Waals surface area contributed by atoms with E-state index in [0.29, 0.717) is 12.5 Å². The second kappa shape index (κ2) is 3.90. The molecule has 0 bridgehead atoms. The number of carbonyl (C=O) groups is 1. The Bertz CT molecular complexity index is 162. The highest BCUT2D eigenvalue weighted by atomic mass is 16.1. The Morgan fingerprint density at radius 2 is 2.25 bits per heavy atom. The van der Waals surface area contributed by atoms with Crippen LogP contribution in [-0.4, -0.2) is 18.0 Å². The molecule has 3 N–H and O–H groups in total. The van der Waals surface area contributed by atoms with Crippen LogP contribution in [0.15, 0.2) is 0 Å². The Balaban J connectivity index is 2.11. The maximum Gasteiger partial charge on any atom is 0.221 e. The van der Waals surface area contributed by atoms with Crippen molar-refractivity contribution in [1.82, 2.24) is 5.32 Å². The highest BCUT2D eigenvalue weighted by molar-refractivity contribution is 5.76. The molecule has 0 aromatic carbocycles. The topological polar surface area (TPSA) is 55.1 Å². The van der Waals surface area contributed by atoms with Crippen molar-refractivity contribution in [3.05, 3.63) is 0 Å². The van der Waals surface area contributed by atoms with E-state index in [-0.39, 0.29) is 11.9 Å². The maximum atomic E-state index is 11.2. The third-order valence-electron chi connectivity index (χ3n) is 2.25. The average molecular weight is 170 g/mol. The van der Waals surface area contributed by atoms with Gasteiger partial charge in [0.1, 0.15) is 0 Å². The molecule has 0 spiro atoms. The van der Waals surface area contributed by atoms with Crippen molar-refractivity contribution in [3.8, 4) is 0 Å². The first kappa shape index (κ1) is 9.52. The molecule has 1 atom stereocenters. The number of nitrogens with one attached hydrogen (secondary N) is 1. The molecular formula is C9H18N2O. The van der Waals surface area contributed by atoms with E-state index in [1.807, 2.05) is 6.92 Å². The van der Waals surface area contributed by atoms with Crippen LogP contribution in [0.1, 0.15) is 33.1 Å². The number of hydrogen-bond donors (Lipinski definition) is 2. The maximum absolute atomic E-state index is 11.2. The molecule has 1 saturated carbocycles. The molecule has 0 heterocycles. The van der Waals surface area contributed by atoms with Crippen molar-refractivity contribution in [2.45, 2.75) is 45.2 Å². The molecule has 12 heavy (non-hydrogen) atoms. The van der Waals surface area contributed by atoms with E-state index >= 15 is 0 Å². The quantitative estimate of drug-likeness (QED) is 0.653. The Morgan fingerprint density at radius 3 is 2.67 bits per heavy atom. The van der Waals surface area contributed by atoms with E-state index in [4.69, 9.17) is 5.73 Å². The lowest BCUT2D eigenvalue weighted by atomic mass is 9.82. The lowest BCUT2D eigenvalue weighted by Crippen LogP contribution is -2.44. The molecule has 0 aromatic rings. The zero-order valence-electron chi connectivity index (χ0n) is 7.84. The fourth-order valence-corrected chi connectivity index (χ4v) is 1.60. The lowest BCUT2D eigenvalue weighted by Gasteiger charge is -2.33. The van der Waals surface area contributed by atoms with Crippen LogP contribution in [0.5, 0.6) is 0 Å². The normalized spacial score (nSPS) is 30.6. The van der Waals surface area contributed by atoms with Crippen LogP contribution in [-0.2, 0) is 4.79 Å². The van der Waals surface area contributed by atoms with Crippen LogP contribution in [0.25, 0.3) is 0 Å². The van der Waals surface area contributed by atoms with Crippen molar-refractivity contribution in [2.75, 3.05) is 0 Å². The van der Waals surface area contributed by atoms with Crippen molar-refractivity contribution in [3.63, 3.8) is 0 Å². The molecule has 1 amide bonds. The molecule has 0 radical (unpaired) electrons. The third-order valence-corrected chi connectivity index (χ3v) is 2.25. The Labute approximate surface area is 73.7 Å². The first-order valence-corrected chi connectivity index (χ1v) is 4.63. The van der Waals surface area contributed by atoms with E-state index in [9.17, 15) is 4.79 Å². The minimum absolute atomic E-state index is 0.0255. The minimum atomic E-state index is -0.0255. The second-order valence-corrected chi connectivity index (χ2v) is 4.02. The van der Waals surface area contributed by atoms with Gasteiger partial charge in [0.25, 0.3) is 0 Å². The van der Waals surface area contributed by atoms with Gasteiger partial charge in [-0.25, -0.2) is 0 Å². The van der Waals surface area contributed by atoms with Crippen LogP contribution in [0.3, 0.4) is 0 Å². The van der Waals surface area contributed by atoms with E-state index in [1.165, 1.54) is 0 Å². The van der Waals surface area contributed by atoms with Gasteiger partial charge in [-0.05, 0) is 25.7 Å². The molecule has 1 rings (SSSR count). The molecule has 1 aliphatic rings.